The van der Waals surface area contributed by atoms with E-state index in [1.54, 1.807) is 0 Å². The number of likely N-dealkylation sites (tertiary alicyclic amines) is 1. The van der Waals surface area contributed by atoms with Crippen LogP contribution in [0.3, 0.4) is 0 Å². The van der Waals surface area contributed by atoms with Crippen molar-refractivity contribution >= 4 is 11.8 Å². The number of unbranched alkanes of at least 4 members (excludes halogenated alkanes) is 4. The molecule has 0 saturated carbocycles. The molecule has 0 bridgehead atoms. The average Bonchev–Trinajstić information content (AvgIpc) is 3.01. The molecule has 0 amide bonds. The standard InChI is InChI=1S/C18H29NS/c1-2-3-4-5-9-14-18(19-15-10-11-16-19)20-17-12-7-6-8-13-17/h6-8,12-13,18H,2-5,9-11,14-16H2,1H3. The maximum absolute atomic E-state index is 2.71. The van der Waals surface area contributed by atoms with E-state index in [0.717, 1.165) is 0 Å². The van der Waals surface area contributed by atoms with Gasteiger partial charge in [-0.15, -0.1) is 11.8 Å². The van der Waals surface area contributed by atoms with E-state index in [1.165, 1.54) is 69.4 Å². The second kappa shape index (κ2) is 9.46. The monoisotopic (exact) mass is 291 g/mol. The minimum atomic E-state index is 0.696. The van der Waals surface area contributed by atoms with Gasteiger partial charge < -0.3 is 0 Å². The summed E-state index contributed by atoms with van der Waals surface area (Å²) in [6.45, 7) is 4.90. The molecule has 0 aliphatic carbocycles. The third-order valence-corrected chi connectivity index (χ3v) is 5.47. The number of thioether (sulfide) groups is 1. The molecule has 0 radical (unpaired) electrons. The Bertz CT molecular complexity index is 346. The lowest BCUT2D eigenvalue weighted by Gasteiger charge is -2.27. The lowest BCUT2D eigenvalue weighted by Crippen LogP contribution is -2.29. The highest BCUT2D eigenvalue weighted by molar-refractivity contribution is 7.99. The minimum absolute atomic E-state index is 0.696. The number of hydrogen-bond acceptors (Lipinski definition) is 2. The zero-order valence-electron chi connectivity index (χ0n) is 12.9. The molecule has 2 heteroatoms. The van der Waals surface area contributed by atoms with Crippen LogP contribution < -0.4 is 0 Å². The van der Waals surface area contributed by atoms with Gasteiger partial charge in [0.05, 0.1) is 5.37 Å². The van der Waals surface area contributed by atoms with Crippen molar-refractivity contribution in [1.29, 1.82) is 0 Å². The van der Waals surface area contributed by atoms with Gasteiger partial charge in [0.1, 0.15) is 0 Å². The van der Waals surface area contributed by atoms with E-state index in [2.05, 4.69) is 53.9 Å². The smallest absolute Gasteiger partial charge is 0.0604 e. The van der Waals surface area contributed by atoms with Crippen LogP contribution >= 0.6 is 11.8 Å². The van der Waals surface area contributed by atoms with Gasteiger partial charge in [0, 0.05) is 4.90 Å². The molecule has 1 aromatic carbocycles. The fraction of sp³-hybridized carbons (Fsp3) is 0.667. The van der Waals surface area contributed by atoms with E-state index in [1.807, 2.05) is 0 Å². The molecule has 2 rings (SSSR count). The fourth-order valence-electron chi connectivity index (χ4n) is 2.92. The Morgan fingerprint density at radius 2 is 1.70 bits per heavy atom. The van der Waals surface area contributed by atoms with Crippen LogP contribution in [0.25, 0.3) is 0 Å². The molecular weight excluding hydrogens is 262 g/mol. The van der Waals surface area contributed by atoms with Gasteiger partial charge in [-0.1, -0.05) is 57.2 Å². The largest absolute Gasteiger partial charge is 0.291 e. The van der Waals surface area contributed by atoms with E-state index >= 15 is 0 Å². The van der Waals surface area contributed by atoms with Crippen LogP contribution in [0.4, 0.5) is 0 Å². The summed E-state index contributed by atoms with van der Waals surface area (Å²) in [5.41, 5.74) is 0. The summed E-state index contributed by atoms with van der Waals surface area (Å²) in [6.07, 6.45) is 11.1. The Morgan fingerprint density at radius 1 is 1.00 bits per heavy atom. The van der Waals surface area contributed by atoms with Crippen molar-refractivity contribution in [3.8, 4) is 0 Å². The Hall–Kier alpha value is -0.470. The first-order valence-electron chi connectivity index (χ1n) is 8.36. The van der Waals surface area contributed by atoms with Gasteiger partial charge in [-0.25, -0.2) is 0 Å². The Balaban J connectivity index is 1.81. The summed E-state index contributed by atoms with van der Waals surface area (Å²) >= 11 is 2.08. The summed E-state index contributed by atoms with van der Waals surface area (Å²) in [4.78, 5) is 4.13. The van der Waals surface area contributed by atoms with Crippen molar-refractivity contribution in [3.63, 3.8) is 0 Å². The lowest BCUT2D eigenvalue weighted by atomic mass is 10.1. The van der Waals surface area contributed by atoms with Crippen LogP contribution in [0.1, 0.15) is 58.3 Å². The van der Waals surface area contributed by atoms with Gasteiger partial charge in [-0.05, 0) is 44.5 Å². The number of hydrogen-bond donors (Lipinski definition) is 0. The van der Waals surface area contributed by atoms with Gasteiger partial charge in [0.2, 0.25) is 0 Å². The topological polar surface area (TPSA) is 3.24 Å². The average molecular weight is 292 g/mol. The van der Waals surface area contributed by atoms with Crippen molar-refractivity contribution in [2.75, 3.05) is 13.1 Å². The summed E-state index contributed by atoms with van der Waals surface area (Å²) in [6, 6.07) is 10.9. The molecule has 20 heavy (non-hydrogen) atoms. The van der Waals surface area contributed by atoms with Crippen LogP contribution in [-0.2, 0) is 0 Å². The maximum Gasteiger partial charge on any atom is 0.0604 e. The van der Waals surface area contributed by atoms with Crippen LogP contribution in [0.15, 0.2) is 35.2 Å². The van der Waals surface area contributed by atoms with Gasteiger partial charge in [0.25, 0.3) is 0 Å². The lowest BCUT2D eigenvalue weighted by molar-refractivity contribution is 0.299. The normalized spacial score (nSPS) is 17.4. The molecule has 1 fully saturated rings. The van der Waals surface area contributed by atoms with E-state index in [0.29, 0.717) is 5.37 Å². The summed E-state index contributed by atoms with van der Waals surface area (Å²) in [7, 11) is 0. The van der Waals surface area contributed by atoms with Gasteiger partial charge in [-0.2, -0.15) is 0 Å². The first kappa shape index (κ1) is 15.9. The SMILES string of the molecule is CCCCCCCC(Sc1ccccc1)N1CCCC1. The molecule has 0 spiro atoms. The number of nitrogens with zero attached hydrogens (tertiary/aromatic N) is 1. The molecule has 0 aromatic heterocycles. The summed E-state index contributed by atoms with van der Waals surface area (Å²) < 4.78 is 0. The van der Waals surface area contributed by atoms with Gasteiger partial charge in [0.15, 0.2) is 0 Å². The summed E-state index contributed by atoms with van der Waals surface area (Å²) in [5, 5.41) is 0.696. The summed E-state index contributed by atoms with van der Waals surface area (Å²) in [5.74, 6) is 0. The molecule has 1 aliphatic rings. The van der Waals surface area contributed by atoms with Crippen molar-refractivity contribution in [2.24, 2.45) is 0 Å². The zero-order chi connectivity index (χ0) is 14.0. The molecule has 1 saturated heterocycles. The van der Waals surface area contributed by atoms with Crippen LogP contribution in [0.5, 0.6) is 0 Å². The van der Waals surface area contributed by atoms with Crippen LogP contribution in [0.2, 0.25) is 0 Å². The molecule has 1 aromatic rings. The van der Waals surface area contributed by atoms with Crippen molar-refractivity contribution in [3.05, 3.63) is 30.3 Å². The molecule has 1 atom stereocenters. The highest BCUT2D eigenvalue weighted by atomic mass is 32.2. The molecule has 1 aliphatic heterocycles. The third kappa shape index (κ3) is 5.49. The van der Waals surface area contributed by atoms with Crippen LogP contribution in [-0.4, -0.2) is 23.4 Å². The molecule has 1 unspecified atom stereocenters. The predicted octanol–water partition coefficient (Wildman–Crippen LogP) is 5.56. The quantitative estimate of drug-likeness (QED) is 0.433. The highest BCUT2D eigenvalue weighted by Crippen LogP contribution is 2.31. The number of rotatable bonds is 9. The first-order chi connectivity index (χ1) is 9.90. The Labute approximate surface area is 129 Å². The second-order valence-corrected chi connectivity index (χ2v) is 7.08. The minimum Gasteiger partial charge on any atom is -0.291 e. The van der Waals surface area contributed by atoms with Gasteiger partial charge in [-0.3, -0.25) is 4.90 Å². The highest BCUT2D eigenvalue weighted by Gasteiger charge is 2.22. The Kier molecular flexibility index (Phi) is 7.53. The molecule has 0 N–H and O–H groups in total. The Morgan fingerprint density at radius 3 is 2.40 bits per heavy atom. The van der Waals surface area contributed by atoms with E-state index in [9.17, 15) is 0 Å². The third-order valence-electron chi connectivity index (χ3n) is 4.12. The van der Waals surface area contributed by atoms with E-state index < -0.39 is 0 Å². The van der Waals surface area contributed by atoms with Crippen molar-refractivity contribution in [2.45, 2.75) is 68.6 Å². The molecule has 112 valence electrons. The number of benzene rings is 1. The second-order valence-electron chi connectivity index (χ2n) is 5.83. The predicted molar refractivity (Wildman–Crippen MR) is 90.3 cm³/mol. The van der Waals surface area contributed by atoms with E-state index in [4.69, 9.17) is 0 Å². The maximum atomic E-state index is 2.71. The molecule has 1 nitrogen and oxygen atoms in total. The van der Waals surface area contributed by atoms with E-state index in [-0.39, 0.29) is 0 Å². The molecule has 1 heterocycles. The zero-order valence-corrected chi connectivity index (χ0v) is 13.7. The molecular formula is C18H29NS. The van der Waals surface area contributed by atoms with Crippen molar-refractivity contribution in [1.82, 2.24) is 4.90 Å². The fourth-order valence-corrected chi connectivity index (χ4v) is 4.20. The van der Waals surface area contributed by atoms with Gasteiger partial charge >= 0.3 is 0 Å². The van der Waals surface area contributed by atoms with Crippen molar-refractivity contribution < 1.29 is 0 Å². The van der Waals surface area contributed by atoms with Crippen LogP contribution in [0, 0.1) is 0 Å². The first-order valence-corrected chi connectivity index (χ1v) is 9.24.